The van der Waals surface area contributed by atoms with E-state index in [1.54, 1.807) is 36.5 Å². The Morgan fingerprint density at radius 2 is 1.85 bits per heavy atom. The van der Waals surface area contributed by atoms with E-state index in [0.29, 0.717) is 12.1 Å². The summed E-state index contributed by atoms with van der Waals surface area (Å²) in [6.07, 6.45) is 4.98. The van der Waals surface area contributed by atoms with Crippen LogP contribution in [0.15, 0.2) is 66.9 Å². The molecule has 0 radical (unpaired) electrons. The van der Waals surface area contributed by atoms with E-state index in [2.05, 4.69) is 15.0 Å². The minimum atomic E-state index is -0.382. The largest absolute Gasteiger partial charge is 0.465 e. The summed E-state index contributed by atoms with van der Waals surface area (Å²) in [5.74, 6) is -0.581. The van der Waals surface area contributed by atoms with Gasteiger partial charge >= 0.3 is 5.97 Å². The number of benzene rings is 2. The fourth-order valence-corrected chi connectivity index (χ4v) is 2.55. The first-order valence-corrected chi connectivity index (χ1v) is 8.14. The number of methoxy groups -OCH3 is 1. The van der Waals surface area contributed by atoms with Gasteiger partial charge in [-0.15, -0.1) is 0 Å². The van der Waals surface area contributed by atoms with E-state index >= 15 is 0 Å². The molecule has 26 heavy (non-hydrogen) atoms. The molecule has 2 aromatic carbocycles. The second-order valence-electron chi connectivity index (χ2n) is 5.66. The smallest absolute Gasteiger partial charge is 0.337 e. The molecule has 130 valence electrons. The maximum atomic E-state index is 12.1. The van der Waals surface area contributed by atoms with Crippen LogP contribution in [0, 0.1) is 0 Å². The third-order valence-electron chi connectivity index (χ3n) is 3.92. The predicted molar refractivity (Wildman–Crippen MR) is 100 cm³/mol. The molecule has 0 fully saturated rings. The average Bonchev–Trinajstić information content (AvgIpc) is 2.70. The zero-order chi connectivity index (χ0) is 18.4. The molecule has 0 spiro atoms. The highest BCUT2D eigenvalue weighted by Crippen LogP contribution is 2.17. The van der Waals surface area contributed by atoms with E-state index < -0.39 is 0 Å². The van der Waals surface area contributed by atoms with Crippen molar-refractivity contribution in [1.82, 2.24) is 10.3 Å². The number of carbonyl (C=O) groups is 2. The van der Waals surface area contributed by atoms with E-state index in [9.17, 15) is 9.59 Å². The van der Waals surface area contributed by atoms with E-state index in [4.69, 9.17) is 0 Å². The van der Waals surface area contributed by atoms with Crippen LogP contribution in [-0.4, -0.2) is 24.0 Å². The highest BCUT2D eigenvalue weighted by atomic mass is 16.5. The molecule has 3 rings (SSSR count). The van der Waals surface area contributed by atoms with Crippen LogP contribution in [0.3, 0.4) is 0 Å². The number of pyridine rings is 1. The molecule has 0 aliphatic rings. The number of ether oxygens (including phenoxy) is 1. The van der Waals surface area contributed by atoms with Crippen molar-refractivity contribution in [3.05, 3.63) is 83.6 Å². The number of esters is 1. The van der Waals surface area contributed by atoms with Crippen molar-refractivity contribution < 1.29 is 14.3 Å². The minimum absolute atomic E-state index is 0.199. The zero-order valence-corrected chi connectivity index (χ0v) is 14.3. The lowest BCUT2D eigenvalue weighted by molar-refractivity contribution is -0.116. The molecular formula is C21H18N2O3. The van der Waals surface area contributed by atoms with Gasteiger partial charge in [0.05, 0.1) is 18.2 Å². The number of para-hydroxylation sites is 1. The molecule has 0 aliphatic carbocycles. The van der Waals surface area contributed by atoms with Gasteiger partial charge in [0, 0.05) is 29.8 Å². The first-order valence-electron chi connectivity index (χ1n) is 8.14. The minimum Gasteiger partial charge on any atom is -0.465 e. The Bertz CT molecular complexity index is 957. The van der Waals surface area contributed by atoms with Gasteiger partial charge in [-0.3, -0.25) is 9.78 Å². The first-order chi connectivity index (χ1) is 12.7. The van der Waals surface area contributed by atoms with Gasteiger partial charge in [0.2, 0.25) is 5.91 Å². The van der Waals surface area contributed by atoms with Crippen LogP contribution in [0.1, 0.15) is 21.5 Å². The van der Waals surface area contributed by atoms with E-state index in [0.717, 1.165) is 22.0 Å². The molecule has 5 heteroatoms. The standard InChI is InChI=1S/C21H18N2O3/c1-26-21(25)18-9-7-15(8-10-18)14-23-19(24)12-11-17-5-2-4-16-6-3-13-22-20(16)17/h2-13H,14H2,1H3,(H,23,24)/b12-11+. The summed E-state index contributed by atoms with van der Waals surface area (Å²) in [4.78, 5) is 27.8. The summed E-state index contributed by atoms with van der Waals surface area (Å²) in [7, 11) is 1.34. The normalized spacial score (nSPS) is 10.8. The van der Waals surface area contributed by atoms with Crippen molar-refractivity contribution >= 4 is 28.9 Å². The number of hydrogen-bond donors (Lipinski definition) is 1. The van der Waals surface area contributed by atoms with Crippen molar-refractivity contribution in [2.24, 2.45) is 0 Å². The van der Waals surface area contributed by atoms with Gasteiger partial charge in [-0.2, -0.15) is 0 Å². The Labute approximate surface area is 151 Å². The molecule has 1 N–H and O–H groups in total. The number of nitrogens with one attached hydrogen (secondary N) is 1. The maximum absolute atomic E-state index is 12.1. The fourth-order valence-electron chi connectivity index (χ4n) is 2.55. The quantitative estimate of drug-likeness (QED) is 0.568. The number of fused-ring (bicyclic) bond motifs is 1. The highest BCUT2D eigenvalue weighted by Gasteiger charge is 2.05. The second-order valence-corrected chi connectivity index (χ2v) is 5.66. The summed E-state index contributed by atoms with van der Waals surface area (Å²) in [5, 5.41) is 3.85. The Morgan fingerprint density at radius 1 is 1.08 bits per heavy atom. The summed E-state index contributed by atoms with van der Waals surface area (Å²) < 4.78 is 4.66. The van der Waals surface area contributed by atoms with Crippen LogP contribution >= 0.6 is 0 Å². The van der Waals surface area contributed by atoms with Crippen LogP contribution in [-0.2, 0) is 16.1 Å². The number of rotatable bonds is 5. The van der Waals surface area contributed by atoms with Gasteiger partial charge in [0.1, 0.15) is 0 Å². The second kappa shape index (κ2) is 8.07. The van der Waals surface area contributed by atoms with Crippen molar-refractivity contribution in [1.29, 1.82) is 0 Å². The molecule has 0 saturated carbocycles. The first kappa shape index (κ1) is 17.4. The summed E-state index contributed by atoms with van der Waals surface area (Å²) in [5.41, 5.74) is 3.12. The predicted octanol–water partition coefficient (Wildman–Crippen LogP) is 3.35. The van der Waals surface area contributed by atoms with Gasteiger partial charge in [-0.1, -0.05) is 36.4 Å². The zero-order valence-electron chi connectivity index (χ0n) is 14.3. The lowest BCUT2D eigenvalue weighted by Crippen LogP contribution is -2.20. The Morgan fingerprint density at radius 3 is 2.62 bits per heavy atom. The Kier molecular flexibility index (Phi) is 5.39. The van der Waals surface area contributed by atoms with Crippen molar-refractivity contribution in [3.8, 4) is 0 Å². The number of aromatic nitrogens is 1. The SMILES string of the molecule is COC(=O)c1ccc(CNC(=O)/C=C/c2cccc3cccnc23)cc1. The van der Waals surface area contributed by atoms with Crippen LogP contribution in [0.4, 0.5) is 0 Å². The van der Waals surface area contributed by atoms with Crippen LogP contribution in [0.2, 0.25) is 0 Å². The molecule has 1 heterocycles. The van der Waals surface area contributed by atoms with Crippen molar-refractivity contribution in [3.63, 3.8) is 0 Å². The molecule has 0 bridgehead atoms. The van der Waals surface area contributed by atoms with Gasteiger partial charge in [-0.25, -0.2) is 4.79 Å². The number of amides is 1. The molecule has 0 aliphatic heterocycles. The highest BCUT2D eigenvalue weighted by molar-refractivity contribution is 5.95. The lowest BCUT2D eigenvalue weighted by atomic mass is 10.1. The van der Waals surface area contributed by atoms with E-state index in [1.807, 2.05) is 30.3 Å². The molecular weight excluding hydrogens is 328 g/mol. The third-order valence-corrected chi connectivity index (χ3v) is 3.92. The molecule has 5 nitrogen and oxygen atoms in total. The third kappa shape index (κ3) is 4.13. The molecule has 1 aromatic heterocycles. The maximum Gasteiger partial charge on any atom is 0.337 e. The molecule has 0 saturated heterocycles. The van der Waals surface area contributed by atoms with E-state index in [1.165, 1.54) is 13.2 Å². The van der Waals surface area contributed by atoms with Crippen LogP contribution in [0.5, 0.6) is 0 Å². The topological polar surface area (TPSA) is 68.3 Å². The summed E-state index contributed by atoms with van der Waals surface area (Å²) >= 11 is 0. The van der Waals surface area contributed by atoms with Crippen LogP contribution in [0.25, 0.3) is 17.0 Å². The van der Waals surface area contributed by atoms with Gasteiger partial charge in [0.25, 0.3) is 0 Å². The molecule has 3 aromatic rings. The van der Waals surface area contributed by atoms with Gasteiger partial charge < -0.3 is 10.1 Å². The molecule has 0 unspecified atom stereocenters. The number of hydrogen-bond acceptors (Lipinski definition) is 4. The fraction of sp³-hybridized carbons (Fsp3) is 0.0952. The van der Waals surface area contributed by atoms with Crippen molar-refractivity contribution in [2.75, 3.05) is 7.11 Å². The van der Waals surface area contributed by atoms with Gasteiger partial charge in [0.15, 0.2) is 0 Å². The Hall–Kier alpha value is -3.47. The van der Waals surface area contributed by atoms with Gasteiger partial charge in [-0.05, 0) is 29.8 Å². The van der Waals surface area contributed by atoms with Crippen LogP contribution < -0.4 is 5.32 Å². The summed E-state index contributed by atoms with van der Waals surface area (Å²) in [6, 6.07) is 16.6. The van der Waals surface area contributed by atoms with E-state index in [-0.39, 0.29) is 11.9 Å². The number of nitrogens with zero attached hydrogens (tertiary/aromatic N) is 1. The summed E-state index contributed by atoms with van der Waals surface area (Å²) in [6.45, 7) is 0.373. The Balaban J connectivity index is 1.62. The molecule has 1 amide bonds. The number of carbonyl (C=O) groups excluding carboxylic acids is 2. The average molecular weight is 346 g/mol. The molecule has 0 atom stereocenters. The monoisotopic (exact) mass is 346 g/mol. The lowest BCUT2D eigenvalue weighted by Gasteiger charge is -2.04. The van der Waals surface area contributed by atoms with Crippen molar-refractivity contribution in [2.45, 2.75) is 6.54 Å².